The Morgan fingerprint density at radius 2 is 1.60 bits per heavy atom. The van der Waals surface area contributed by atoms with Crippen molar-refractivity contribution in [1.82, 2.24) is 54.9 Å². The zero-order valence-electron chi connectivity index (χ0n) is 41.4. The Hall–Kier alpha value is -6.84. The topological polar surface area (TPSA) is 236 Å². The third kappa shape index (κ3) is 9.88. The molecule has 4 amide bonds. The first-order chi connectivity index (χ1) is 34.4. The molecule has 4 saturated heterocycles. The maximum atomic E-state index is 15.3. The summed E-state index contributed by atoms with van der Waals surface area (Å²) in [6.45, 7) is 14.9. The number of hydrogen-bond acceptors (Lipinski definition) is 16. The molecule has 5 aromatic rings. The van der Waals surface area contributed by atoms with E-state index in [-0.39, 0.29) is 65.7 Å². The van der Waals surface area contributed by atoms with E-state index in [1.54, 1.807) is 14.7 Å². The highest BCUT2D eigenvalue weighted by atomic mass is 19.1. The van der Waals surface area contributed by atoms with Gasteiger partial charge in [0.2, 0.25) is 11.8 Å². The number of anilines is 3. The van der Waals surface area contributed by atoms with Gasteiger partial charge in [0.1, 0.15) is 35.3 Å². The Bertz CT molecular complexity index is 2860. The molecule has 5 aliphatic rings. The van der Waals surface area contributed by atoms with Crippen LogP contribution in [0, 0.1) is 23.0 Å². The van der Waals surface area contributed by atoms with Crippen LogP contribution in [0.3, 0.4) is 0 Å². The highest BCUT2D eigenvalue weighted by Crippen LogP contribution is 2.49. The molecule has 0 bridgehead atoms. The lowest BCUT2D eigenvalue weighted by molar-refractivity contribution is -0.136. The van der Waals surface area contributed by atoms with Gasteiger partial charge in [0, 0.05) is 89.3 Å². The SMILES string of the molecule is CC1(C)CN(C(=O)OCC(=O)N2CCC(CN3CCN(c4c(F)cc(N[C@H]5CCC(=O)NC5=O)cc4F)CC3)CC2)CC[C@@H]1c1cnc(-c2c(-c3nn(C(C)(C)C)c4ncnc(N)c34)noc2C2CC2)nc1. The van der Waals surface area contributed by atoms with E-state index in [1.807, 2.05) is 37.8 Å². The minimum atomic E-state index is -0.747. The van der Waals surface area contributed by atoms with Crippen LogP contribution in [0.25, 0.3) is 33.8 Å². The van der Waals surface area contributed by atoms with E-state index in [1.165, 1.54) is 18.5 Å². The largest absolute Gasteiger partial charge is 0.439 e. The molecule has 1 aliphatic carbocycles. The first-order valence-corrected chi connectivity index (χ1v) is 25.0. The Kier molecular flexibility index (Phi) is 13.1. The van der Waals surface area contributed by atoms with Crippen molar-refractivity contribution in [1.29, 1.82) is 0 Å². The number of imide groups is 1. The standard InChI is InChI=1S/C50H62F2N14O6/c1-49(2,3)66-46-39(44(53)56-27-57-46)40(60-66)41-38(43(72-61-41)29-6-7-29)45-54-22-30(23-55-45)32-12-15-65(26-50(32,4)5)48(70)71-25-37(68)63-13-10-28(11-14-63)24-62-16-18-64(19-17-62)42-33(51)20-31(21-34(42)52)58-35-8-9-36(67)59-47(35)69/h20-23,27-29,32,35,58H,6-19,24-26H2,1-5H3,(H2,53,56,57)(H,59,67,69)/t32-,35+/m1/s1. The summed E-state index contributed by atoms with van der Waals surface area (Å²) in [6.07, 6.45) is 9.19. The number of nitrogen functional groups attached to an aromatic ring is 1. The van der Waals surface area contributed by atoms with Crippen LogP contribution >= 0.6 is 0 Å². The summed E-state index contributed by atoms with van der Waals surface area (Å²) >= 11 is 0. The number of ether oxygens (including phenoxy) is 1. The fourth-order valence-electron chi connectivity index (χ4n) is 10.9. The summed E-state index contributed by atoms with van der Waals surface area (Å²) in [6, 6.07) is 1.63. The van der Waals surface area contributed by atoms with E-state index < -0.39 is 35.2 Å². The van der Waals surface area contributed by atoms with E-state index in [0.29, 0.717) is 98.5 Å². The van der Waals surface area contributed by atoms with Crippen molar-refractivity contribution in [3.63, 3.8) is 0 Å². The number of piperazine rings is 1. The second-order valence-electron chi connectivity index (χ2n) is 21.6. The Balaban J connectivity index is 0.688. The number of hydrogen-bond donors (Lipinski definition) is 3. The molecule has 1 aromatic carbocycles. The van der Waals surface area contributed by atoms with Gasteiger partial charge in [-0.05, 0) is 94.2 Å². The lowest BCUT2D eigenvalue weighted by Gasteiger charge is -2.43. The predicted octanol–water partition coefficient (Wildman–Crippen LogP) is 5.66. The Morgan fingerprint density at radius 1 is 0.903 bits per heavy atom. The van der Waals surface area contributed by atoms with E-state index in [4.69, 9.17) is 30.1 Å². The number of nitrogens with one attached hydrogen (secondary N) is 2. The Morgan fingerprint density at radius 3 is 2.25 bits per heavy atom. The van der Waals surface area contributed by atoms with Crippen molar-refractivity contribution in [2.24, 2.45) is 11.3 Å². The van der Waals surface area contributed by atoms with Crippen LogP contribution in [-0.2, 0) is 24.7 Å². The van der Waals surface area contributed by atoms with Crippen LogP contribution in [-0.4, -0.2) is 145 Å². The smallest absolute Gasteiger partial charge is 0.410 e. The van der Waals surface area contributed by atoms with Crippen molar-refractivity contribution >= 4 is 52.0 Å². The van der Waals surface area contributed by atoms with Gasteiger partial charge in [-0.2, -0.15) is 5.10 Å². The average molecular weight is 993 g/mol. The lowest BCUT2D eigenvalue weighted by atomic mass is 9.71. The molecule has 4 aliphatic heterocycles. The summed E-state index contributed by atoms with van der Waals surface area (Å²) in [5.41, 5.74) is 8.92. The molecule has 20 nitrogen and oxygen atoms in total. The average Bonchev–Trinajstić information content (AvgIpc) is 3.96. The van der Waals surface area contributed by atoms with Crippen molar-refractivity contribution in [2.75, 3.05) is 81.5 Å². The third-order valence-corrected chi connectivity index (χ3v) is 14.9. The van der Waals surface area contributed by atoms with Gasteiger partial charge in [-0.15, -0.1) is 0 Å². The number of likely N-dealkylation sites (tertiary alicyclic amines) is 2. The molecule has 2 atom stereocenters. The maximum Gasteiger partial charge on any atom is 0.410 e. The Labute approximate surface area is 415 Å². The van der Waals surface area contributed by atoms with Gasteiger partial charge >= 0.3 is 6.09 Å². The van der Waals surface area contributed by atoms with Crippen molar-refractivity contribution in [3.05, 3.63) is 53.8 Å². The van der Waals surface area contributed by atoms with Gasteiger partial charge in [-0.1, -0.05) is 19.0 Å². The molecule has 0 radical (unpaired) electrons. The number of halogens is 2. The lowest BCUT2D eigenvalue weighted by Crippen LogP contribution is -2.50. The van der Waals surface area contributed by atoms with Gasteiger partial charge in [0.05, 0.1) is 16.5 Å². The van der Waals surface area contributed by atoms with Crippen LogP contribution in [0.2, 0.25) is 0 Å². The van der Waals surface area contributed by atoms with Gasteiger partial charge in [0.15, 0.2) is 35.5 Å². The normalized spacial score (nSPS) is 21.3. The molecule has 22 heteroatoms. The molecule has 4 N–H and O–H groups in total. The van der Waals surface area contributed by atoms with Crippen LogP contribution in [0.4, 0.5) is 30.8 Å². The molecule has 72 heavy (non-hydrogen) atoms. The number of nitrogens with zero attached hydrogens (tertiary/aromatic N) is 11. The number of carbonyl (C=O) groups excluding carboxylic acids is 4. The van der Waals surface area contributed by atoms with Crippen molar-refractivity contribution in [2.45, 2.75) is 103 Å². The predicted molar refractivity (Wildman–Crippen MR) is 261 cm³/mol. The summed E-state index contributed by atoms with van der Waals surface area (Å²) in [4.78, 5) is 76.3. The molecule has 10 rings (SSSR count). The highest BCUT2D eigenvalue weighted by molar-refractivity contribution is 6.02. The monoisotopic (exact) mass is 992 g/mol. The molecular weight excluding hydrogens is 931 g/mol. The summed E-state index contributed by atoms with van der Waals surface area (Å²) in [5.74, 6) is -0.479. The summed E-state index contributed by atoms with van der Waals surface area (Å²) in [5, 5.41) is 15.2. The molecule has 8 heterocycles. The van der Waals surface area contributed by atoms with Crippen LogP contribution < -0.4 is 21.3 Å². The second-order valence-corrected chi connectivity index (χ2v) is 21.6. The fraction of sp³-hybridized carbons (Fsp3) is 0.560. The molecule has 1 saturated carbocycles. The number of benzene rings is 1. The minimum Gasteiger partial charge on any atom is -0.439 e. The van der Waals surface area contributed by atoms with Crippen molar-refractivity contribution in [3.8, 4) is 22.8 Å². The molecule has 0 unspecified atom stereocenters. The van der Waals surface area contributed by atoms with E-state index >= 15 is 8.78 Å². The van der Waals surface area contributed by atoms with E-state index in [2.05, 4.69) is 44.5 Å². The number of nitrogens with two attached hydrogens (primary N) is 1. The van der Waals surface area contributed by atoms with Gasteiger partial charge in [-0.25, -0.2) is 38.2 Å². The van der Waals surface area contributed by atoms with E-state index in [0.717, 1.165) is 43.6 Å². The zero-order chi connectivity index (χ0) is 50.6. The van der Waals surface area contributed by atoms with E-state index in [9.17, 15) is 19.2 Å². The van der Waals surface area contributed by atoms with Gasteiger partial charge in [0.25, 0.3) is 5.91 Å². The summed E-state index contributed by atoms with van der Waals surface area (Å²) in [7, 11) is 0. The fourth-order valence-corrected chi connectivity index (χ4v) is 10.9. The third-order valence-electron chi connectivity index (χ3n) is 14.9. The van der Waals surface area contributed by atoms with Crippen LogP contribution in [0.5, 0.6) is 0 Å². The van der Waals surface area contributed by atoms with Crippen LogP contribution in [0.1, 0.15) is 103 Å². The van der Waals surface area contributed by atoms with Crippen molar-refractivity contribution < 1.29 is 37.2 Å². The number of rotatable bonds is 11. The number of fused-ring (bicyclic) bond motifs is 1. The molecule has 0 spiro atoms. The number of piperidine rings is 3. The zero-order valence-corrected chi connectivity index (χ0v) is 41.4. The first-order valence-electron chi connectivity index (χ1n) is 25.0. The first kappa shape index (κ1) is 48.8. The number of aromatic nitrogens is 7. The van der Waals surface area contributed by atoms with Crippen LogP contribution in [0.15, 0.2) is 35.4 Å². The molecule has 5 fully saturated rings. The van der Waals surface area contributed by atoms with Gasteiger partial charge in [-0.3, -0.25) is 24.6 Å². The number of amides is 4. The summed E-state index contributed by atoms with van der Waals surface area (Å²) < 4.78 is 44.0. The second kappa shape index (κ2) is 19.3. The molecule has 382 valence electrons. The number of carbonyl (C=O) groups is 4. The van der Waals surface area contributed by atoms with Gasteiger partial charge < -0.3 is 35.0 Å². The molecule has 4 aromatic heterocycles. The highest BCUT2D eigenvalue weighted by Gasteiger charge is 2.41. The minimum absolute atomic E-state index is 0.0386. The quantitative estimate of drug-likeness (QED) is 0.135. The molecular formula is C50H62F2N14O6. The maximum absolute atomic E-state index is 15.3.